The number of nitriles is 1. The molecular weight excluding hydrogens is 535 g/mol. The van der Waals surface area contributed by atoms with Crippen LogP contribution in [0.5, 0.6) is 0 Å². The minimum atomic E-state index is -3.84. The Morgan fingerprint density at radius 2 is 1.82 bits per heavy atom. The number of amides is 2. The van der Waals surface area contributed by atoms with E-state index in [4.69, 9.17) is 9.88 Å². The molecule has 2 amide bonds. The van der Waals surface area contributed by atoms with Gasteiger partial charge in [0.05, 0.1) is 11.0 Å². The van der Waals surface area contributed by atoms with E-state index in [1.165, 1.54) is 36.4 Å². The number of likely N-dealkylation sites (tertiary alicyclic amines) is 1. The number of piperidine rings is 1. The molecule has 2 aliphatic carbocycles. The Morgan fingerprint density at radius 3 is 2.40 bits per heavy atom. The number of halogens is 1. The first-order valence-electron chi connectivity index (χ1n) is 13.3. The molecule has 2 aromatic rings. The fourth-order valence-electron chi connectivity index (χ4n) is 6.67. The zero-order chi connectivity index (χ0) is 29.1. The van der Waals surface area contributed by atoms with Crippen molar-refractivity contribution in [1.82, 2.24) is 10.2 Å². The molecular formula is C29H33FN4O5S. The monoisotopic (exact) mass is 568 g/mol. The number of primary sulfonamides is 1. The van der Waals surface area contributed by atoms with Gasteiger partial charge in [0.15, 0.2) is 0 Å². The Bertz CT molecular complexity index is 1500. The predicted molar refractivity (Wildman–Crippen MR) is 144 cm³/mol. The largest absolute Gasteiger partial charge is 0.444 e. The number of ether oxygens (including phenoxy) is 1. The summed E-state index contributed by atoms with van der Waals surface area (Å²) in [5.41, 5.74) is 0.638. The minimum absolute atomic E-state index is 0.00790. The average molecular weight is 569 g/mol. The first-order valence-corrected chi connectivity index (χ1v) is 14.9. The number of carbonyl (C=O) groups excluding carboxylic acids is 2. The molecule has 2 saturated carbocycles. The number of nitrogens with two attached hydrogens (primary N) is 1. The summed E-state index contributed by atoms with van der Waals surface area (Å²) in [6, 6.07) is 10.5. The summed E-state index contributed by atoms with van der Waals surface area (Å²) in [6.07, 6.45) is 0.154. The van der Waals surface area contributed by atoms with Crippen molar-refractivity contribution in [3.8, 4) is 17.2 Å². The van der Waals surface area contributed by atoms with E-state index in [-0.39, 0.29) is 28.8 Å². The summed E-state index contributed by atoms with van der Waals surface area (Å²) in [5, 5.41) is 17.7. The number of hydrogen-bond acceptors (Lipinski definition) is 6. The normalized spacial score (nSPS) is 27.5. The van der Waals surface area contributed by atoms with Gasteiger partial charge in [-0.05, 0) is 85.8 Å². The van der Waals surface area contributed by atoms with Crippen molar-refractivity contribution in [2.24, 2.45) is 28.8 Å². The first-order chi connectivity index (χ1) is 18.7. The summed E-state index contributed by atoms with van der Waals surface area (Å²) in [6.45, 7) is 7.48. The molecule has 3 fully saturated rings. The lowest BCUT2D eigenvalue weighted by atomic mass is 9.94. The standard InChI is InChI=1S/C29H33FN4O5S/c1-15-24-21-13-23(25(15)24)34(28(36)39-29(2,3)4)26(21)27(35)33-19(14-31)11-18-6-5-17(12-22(18)30)16-7-9-20(10-8-16)40(32,37)38/h5-10,12,15,19,21,23-26H,11,13H2,1-4H3,(H,33,35)(H2,32,37,38). The highest BCUT2D eigenvalue weighted by atomic mass is 32.2. The smallest absolute Gasteiger partial charge is 0.411 e. The van der Waals surface area contributed by atoms with Gasteiger partial charge in [-0.15, -0.1) is 0 Å². The van der Waals surface area contributed by atoms with E-state index in [0.717, 1.165) is 6.42 Å². The van der Waals surface area contributed by atoms with Crippen molar-refractivity contribution >= 4 is 22.0 Å². The first kappa shape index (κ1) is 28.1. The lowest BCUT2D eigenvalue weighted by Crippen LogP contribution is -2.56. The molecule has 9 nitrogen and oxygen atoms in total. The molecule has 0 spiro atoms. The lowest BCUT2D eigenvalue weighted by Gasteiger charge is -2.35. The van der Waals surface area contributed by atoms with Crippen LogP contribution in [-0.2, 0) is 26.0 Å². The van der Waals surface area contributed by atoms with Crippen LogP contribution in [0.2, 0.25) is 0 Å². The van der Waals surface area contributed by atoms with E-state index in [2.05, 4.69) is 18.3 Å². The molecule has 3 aliphatic rings. The van der Waals surface area contributed by atoms with Crippen LogP contribution in [-0.4, -0.2) is 49.0 Å². The van der Waals surface area contributed by atoms with Crippen molar-refractivity contribution in [3.05, 3.63) is 53.8 Å². The van der Waals surface area contributed by atoms with Crippen LogP contribution in [0.1, 0.15) is 39.7 Å². The highest BCUT2D eigenvalue weighted by molar-refractivity contribution is 7.89. The van der Waals surface area contributed by atoms with E-state index in [0.29, 0.717) is 28.9 Å². The molecule has 0 aromatic heterocycles. The second-order valence-corrected chi connectivity index (χ2v) is 13.6. The van der Waals surface area contributed by atoms with Gasteiger partial charge in [-0.3, -0.25) is 9.69 Å². The zero-order valence-electron chi connectivity index (χ0n) is 22.8. The summed E-state index contributed by atoms with van der Waals surface area (Å²) < 4.78 is 43.7. The van der Waals surface area contributed by atoms with Crippen LogP contribution < -0.4 is 10.5 Å². The third kappa shape index (κ3) is 5.18. The number of hydrogen-bond donors (Lipinski definition) is 2. The molecule has 1 aliphatic heterocycles. The summed E-state index contributed by atoms with van der Waals surface area (Å²) in [5.74, 6) is 0.207. The van der Waals surface area contributed by atoms with Crippen LogP contribution in [0.3, 0.4) is 0 Å². The van der Waals surface area contributed by atoms with Crippen molar-refractivity contribution in [2.45, 2.75) is 69.2 Å². The third-order valence-corrected chi connectivity index (χ3v) is 9.30. The van der Waals surface area contributed by atoms with Gasteiger partial charge in [0.2, 0.25) is 15.9 Å². The highest BCUT2D eigenvalue weighted by Gasteiger charge is 2.71. The van der Waals surface area contributed by atoms with E-state index in [1.807, 2.05) is 0 Å². The zero-order valence-corrected chi connectivity index (χ0v) is 23.6. The van der Waals surface area contributed by atoms with E-state index in [1.54, 1.807) is 31.7 Å². The minimum Gasteiger partial charge on any atom is -0.444 e. The molecule has 0 radical (unpaired) electrons. The Balaban J connectivity index is 1.29. The molecule has 5 rings (SSSR count). The van der Waals surface area contributed by atoms with Crippen LogP contribution >= 0.6 is 0 Å². The fraction of sp³-hybridized carbons (Fsp3) is 0.483. The topological polar surface area (TPSA) is 143 Å². The Morgan fingerprint density at radius 1 is 1.18 bits per heavy atom. The van der Waals surface area contributed by atoms with Crippen LogP contribution in [0.4, 0.5) is 9.18 Å². The molecule has 40 heavy (non-hydrogen) atoms. The van der Waals surface area contributed by atoms with Crippen molar-refractivity contribution < 1.29 is 27.1 Å². The van der Waals surface area contributed by atoms with Gasteiger partial charge in [0, 0.05) is 12.5 Å². The summed E-state index contributed by atoms with van der Waals surface area (Å²) in [7, 11) is -3.84. The van der Waals surface area contributed by atoms with Gasteiger partial charge in [-0.25, -0.2) is 22.7 Å². The number of sulfonamides is 1. The maximum absolute atomic E-state index is 15.1. The van der Waals surface area contributed by atoms with E-state index in [9.17, 15) is 23.3 Å². The number of nitrogens with zero attached hydrogens (tertiary/aromatic N) is 2. The summed E-state index contributed by atoms with van der Waals surface area (Å²) >= 11 is 0. The van der Waals surface area contributed by atoms with E-state index >= 15 is 4.39 Å². The lowest BCUT2D eigenvalue weighted by molar-refractivity contribution is -0.128. The van der Waals surface area contributed by atoms with Gasteiger partial charge in [-0.1, -0.05) is 31.2 Å². The number of rotatable bonds is 6. The molecule has 1 saturated heterocycles. The third-order valence-electron chi connectivity index (χ3n) is 8.37. The maximum Gasteiger partial charge on any atom is 0.411 e. The predicted octanol–water partition coefficient (Wildman–Crippen LogP) is 3.58. The fourth-order valence-corrected chi connectivity index (χ4v) is 7.19. The molecule has 2 bridgehead atoms. The average Bonchev–Trinajstić information content (AvgIpc) is 3.20. The molecule has 1 heterocycles. The molecule has 3 N–H and O–H groups in total. The SMILES string of the molecule is CC1C2C3CC(C12)N(C(=O)OC(C)(C)C)C3C(=O)NC(C#N)Cc1ccc(-c2ccc(S(N)(=O)=O)cc2)cc1F. The Hall–Kier alpha value is -3.49. The van der Waals surface area contributed by atoms with Gasteiger partial charge in [0.1, 0.15) is 23.5 Å². The summed E-state index contributed by atoms with van der Waals surface area (Å²) in [4.78, 5) is 28.2. The maximum atomic E-state index is 15.1. The molecule has 7 atom stereocenters. The van der Waals surface area contributed by atoms with Gasteiger partial charge in [-0.2, -0.15) is 5.26 Å². The van der Waals surface area contributed by atoms with Gasteiger partial charge in [0.25, 0.3) is 0 Å². The van der Waals surface area contributed by atoms with Crippen LogP contribution in [0, 0.1) is 40.8 Å². The highest BCUT2D eigenvalue weighted by Crippen LogP contribution is 2.67. The second kappa shape index (κ2) is 9.85. The molecule has 11 heteroatoms. The van der Waals surface area contributed by atoms with Crippen LogP contribution in [0.25, 0.3) is 11.1 Å². The number of fused-ring (bicyclic) bond motifs is 5. The Labute approximate surface area is 233 Å². The van der Waals surface area contributed by atoms with Crippen molar-refractivity contribution in [3.63, 3.8) is 0 Å². The molecule has 7 unspecified atom stereocenters. The van der Waals surface area contributed by atoms with E-state index < -0.39 is 45.5 Å². The van der Waals surface area contributed by atoms with Crippen LogP contribution in [0.15, 0.2) is 47.4 Å². The number of benzene rings is 2. The van der Waals surface area contributed by atoms with Crippen molar-refractivity contribution in [1.29, 1.82) is 5.26 Å². The van der Waals surface area contributed by atoms with Crippen molar-refractivity contribution in [2.75, 3.05) is 0 Å². The molecule has 212 valence electrons. The number of carbonyl (C=O) groups is 2. The number of nitrogens with one attached hydrogen (secondary N) is 1. The van der Waals surface area contributed by atoms with Gasteiger partial charge >= 0.3 is 6.09 Å². The Kier molecular flexibility index (Phi) is 6.91. The molecule has 2 aromatic carbocycles. The second-order valence-electron chi connectivity index (χ2n) is 12.1. The quantitative estimate of drug-likeness (QED) is 0.545. The van der Waals surface area contributed by atoms with Gasteiger partial charge < -0.3 is 10.1 Å².